The predicted molar refractivity (Wildman–Crippen MR) is 131 cm³/mol. The van der Waals surface area contributed by atoms with Crippen molar-refractivity contribution in [1.82, 2.24) is 4.31 Å². The highest BCUT2D eigenvalue weighted by atomic mass is 32.2. The molecule has 0 aromatic heterocycles. The summed E-state index contributed by atoms with van der Waals surface area (Å²) in [5.74, 6) is 4.91. The molecule has 2 aromatic carbocycles. The highest BCUT2D eigenvalue weighted by molar-refractivity contribution is 7.89. The van der Waals surface area contributed by atoms with Gasteiger partial charge in [0.05, 0.1) is 28.3 Å². The Bertz CT molecular complexity index is 1320. The molecular formula is C26H28N2O6S. The van der Waals surface area contributed by atoms with Crippen LogP contribution in [-0.2, 0) is 19.6 Å². The van der Waals surface area contributed by atoms with Gasteiger partial charge >= 0.3 is 0 Å². The van der Waals surface area contributed by atoms with E-state index < -0.39 is 32.7 Å². The van der Waals surface area contributed by atoms with Crippen LogP contribution in [0.25, 0.3) is 0 Å². The molecule has 2 aromatic rings. The number of hydrogen-bond donors (Lipinski definition) is 0. The normalized spacial score (nSPS) is 19.3. The molecule has 184 valence electrons. The molecule has 35 heavy (non-hydrogen) atoms. The van der Waals surface area contributed by atoms with Gasteiger partial charge in [0.1, 0.15) is 5.78 Å². The van der Waals surface area contributed by atoms with E-state index in [1.807, 2.05) is 20.8 Å². The van der Waals surface area contributed by atoms with Gasteiger partial charge in [-0.1, -0.05) is 43.4 Å². The molecule has 1 atom stereocenters. The van der Waals surface area contributed by atoms with E-state index in [2.05, 4.69) is 11.8 Å². The number of non-ortho nitro benzene ring substituents is 1. The SMILES string of the molecule is Cc1ccc(S(=O)(=O)N(CC#Cc2ccc([N+](=O)[O-])cc2)CC(=O)C2(C)CC(C)(C)CC2=O)cc1. The number of nitro groups is 1. The lowest BCUT2D eigenvalue weighted by Gasteiger charge is -2.27. The number of hydrogen-bond acceptors (Lipinski definition) is 6. The van der Waals surface area contributed by atoms with E-state index in [1.54, 1.807) is 19.1 Å². The number of rotatable bonds is 7. The minimum Gasteiger partial charge on any atom is -0.299 e. The standard InChI is InChI=1S/C26H28N2O6S/c1-19-7-13-22(14-8-19)35(33,34)27(15-5-6-20-9-11-21(12-10-20)28(31)32)17-24(30)26(4)18-25(2,3)16-23(26)29/h7-14H,15-18H2,1-4H3. The average Bonchev–Trinajstić information content (AvgIpc) is 3.00. The lowest BCUT2D eigenvalue weighted by atomic mass is 9.79. The Labute approximate surface area is 205 Å². The number of sulfonamides is 1. The zero-order valence-electron chi connectivity index (χ0n) is 20.2. The van der Waals surface area contributed by atoms with E-state index in [4.69, 9.17) is 0 Å². The van der Waals surface area contributed by atoms with E-state index in [9.17, 15) is 28.1 Å². The van der Waals surface area contributed by atoms with Crippen LogP contribution in [0, 0.1) is 39.7 Å². The Kier molecular flexibility index (Phi) is 7.29. The second-order valence-electron chi connectivity index (χ2n) is 9.89. The molecule has 1 aliphatic rings. The Balaban J connectivity index is 1.90. The predicted octanol–water partition coefficient (Wildman–Crippen LogP) is 3.91. The first-order valence-electron chi connectivity index (χ1n) is 11.1. The molecule has 0 saturated heterocycles. The molecule has 0 radical (unpaired) electrons. The summed E-state index contributed by atoms with van der Waals surface area (Å²) in [4.78, 5) is 36.3. The van der Waals surface area contributed by atoms with Crippen LogP contribution in [-0.4, -0.2) is 42.3 Å². The van der Waals surface area contributed by atoms with E-state index >= 15 is 0 Å². The molecule has 0 heterocycles. The maximum absolute atomic E-state index is 13.4. The number of aryl methyl sites for hydroxylation is 1. The second kappa shape index (κ2) is 9.72. The van der Waals surface area contributed by atoms with Crippen LogP contribution in [0.15, 0.2) is 53.4 Å². The maximum atomic E-state index is 13.4. The molecule has 1 saturated carbocycles. The molecule has 1 unspecified atom stereocenters. The number of nitrogens with zero attached hydrogens (tertiary/aromatic N) is 2. The summed E-state index contributed by atoms with van der Waals surface area (Å²) in [6.07, 6.45) is 0.616. The fraction of sp³-hybridized carbons (Fsp3) is 0.385. The first kappa shape index (κ1) is 26.3. The molecule has 1 fully saturated rings. The Morgan fingerprint density at radius 2 is 1.69 bits per heavy atom. The zero-order chi connectivity index (χ0) is 26.0. The van der Waals surface area contributed by atoms with Gasteiger partial charge in [-0.2, -0.15) is 4.31 Å². The van der Waals surface area contributed by atoms with Crippen LogP contribution in [0.2, 0.25) is 0 Å². The lowest BCUT2D eigenvalue weighted by Crippen LogP contribution is -2.43. The number of benzene rings is 2. The van der Waals surface area contributed by atoms with Gasteiger partial charge < -0.3 is 0 Å². The van der Waals surface area contributed by atoms with Crippen molar-refractivity contribution in [2.24, 2.45) is 10.8 Å². The molecule has 0 spiro atoms. The highest BCUT2D eigenvalue weighted by Crippen LogP contribution is 2.47. The lowest BCUT2D eigenvalue weighted by molar-refractivity contribution is -0.384. The summed E-state index contributed by atoms with van der Waals surface area (Å²) < 4.78 is 27.8. The van der Waals surface area contributed by atoms with Crippen LogP contribution in [0.3, 0.4) is 0 Å². The summed E-state index contributed by atoms with van der Waals surface area (Å²) in [5.41, 5.74) is -0.318. The van der Waals surface area contributed by atoms with Crippen molar-refractivity contribution < 1.29 is 22.9 Å². The van der Waals surface area contributed by atoms with Gasteiger partial charge in [0.2, 0.25) is 10.0 Å². The van der Waals surface area contributed by atoms with Crippen molar-refractivity contribution in [2.75, 3.05) is 13.1 Å². The van der Waals surface area contributed by atoms with Crippen molar-refractivity contribution >= 4 is 27.3 Å². The fourth-order valence-corrected chi connectivity index (χ4v) is 5.62. The van der Waals surface area contributed by atoms with E-state index in [0.29, 0.717) is 12.0 Å². The number of carbonyl (C=O) groups excluding carboxylic acids is 2. The fourth-order valence-electron chi connectivity index (χ4n) is 4.32. The maximum Gasteiger partial charge on any atom is 0.269 e. The summed E-state index contributed by atoms with van der Waals surface area (Å²) >= 11 is 0. The molecule has 1 aliphatic carbocycles. The minimum atomic E-state index is -4.08. The van der Waals surface area contributed by atoms with Crippen LogP contribution < -0.4 is 0 Å². The van der Waals surface area contributed by atoms with Gasteiger partial charge in [-0.3, -0.25) is 19.7 Å². The van der Waals surface area contributed by atoms with Crippen molar-refractivity contribution in [2.45, 2.75) is 45.4 Å². The number of carbonyl (C=O) groups is 2. The van der Waals surface area contributed by atoms with Crippen molar-refractivity contribution in [3.63, 3.8) is 0 Å². The highest BCUT2D eigenvalue weighted by Gasteiger charge is 2.52. The topological polar surface area (TPSA) is 115 Å². The van der Waals surface area contributed by atoms with Crippen molar-refractivity contribution in [1.29, 1.82) is 0 Å². The first-order chi connectivity index (χ1) is 16.2. The first-order valence-corrected chi connectivity index (χ1v) is 12.6. The summed E-state index contributed by atoms with van der Waals surface area (Å²) in [6.45, 7) is 6.49. The van der Waals surface area contributed by atoms with Gasteiger partial charge in [-0.25, -0.2) is 8.42 Å². The summed E-state index contributed by atoms with van der Waals surface area (Å²) in [6, 6.07) is 11.8. The van der Waals surface area contributed by atoms with Crippen molar-refractivity contribution in [3.8, 4) is 11.8 Å². The molecule has 0 bridgehead atoms. The smallest absolute Gasteiger partial charge is 0.269 e. The Morgan fingerprint density at radius 3 is 2.20 bits per heavy atom. The Morgan fingerprint density at radius 1 is 1.09 bits per heavy atom. The Hall–Kier alpha value is -3.35. The van der Waals surface area contributed by atoms with E-state index in [1.165, 1.54) is 36.4 Å². The van der Waals surface area contributed by atoms with Gasteiger partial charge in [-0.05, 0) is 49.9 Å². The third kappa shape index (κ3) is 5.84. The van der Waals surface area contributed by atoms with Gasteiger partial charge in [-0.15, -0.1) is 0 Å². The van der Waals surface area contributed by atoms with E-state index in [-0.39, 0.29) is 34.7 Å². The van der Waals surface area contributed by atoms with Gasteiger partial charge in [0.15, 0.2) is 5.78 Å². The van der Waals surface area contributed by atoms with Crippen LogP contribution in [0.4, 0.5) is 5.69 Å². The molecule has 3 rings (SSSR count). The molecule has 9 heteroatoms. The third-order valence-corrected chi connectivity index (χ3v) is 8.05. The average molecular weight is 497 g/mol. The van der Waals surface area contributed by atoms with Crippen LogP contribution >= 0.6 is 0 Å². The summed E-state index contributed by atoms with van der Waals surface area (Å²) in [5, 5.41) is 10.8. The molecule has 8 nitrogen and oxygen atoms in total. The van der Waals surface area contributed by atoms with Crippen LogP contribution in [0.1, 0.15) is 44.7 Å². The summed E-state index contributed by atoms with van der Waals surface area (Å²) in [7, 11) is -4.08. The second-order valence-corrected chi connectivity index (χ2v) is 11.8. The number of nitro benzene ring substituents is 1. The zero-order valence-corrected chi connectivity index (χ0v) is 21.0. The third-order valence-electron chi connectivity index (χ3n) is 6.25. The number of ketones is 2. The monoisotopic (exact) mass is 496 g/mol. The quantitative estimate of drug-likeness (QED) is 0.248. The van der Waals surface area contributed by atoms with Crippen molar-refractivity contribution in [3.05, 3.63) is 69.8 Å². The number of Topliss-reactive ketones (excluding diaryl/α,β-unsaturated/α-hetero) is 2. The molecular weight excluding hydrogens is 468 g/mol. The van der Waals surface area contributed by atoms with Gasteiger partial charge in [0, 0.05) is 24.1 Å². The molecule has 0 amide bonds. The largest absolute Gasteiger partial charge is 0.299 e. The molecule has 0 N–H and O–H groups in total. The molecule has 0 aliphatic heterocycles. The minimum absolute atomic E-state index is 0.0243. The van der Waals surface area contributed by atoms with Gasteiger partial charge in [0.25, 0.3) is 5.69 Å². The van der Waals surface area contributed by atoms with Crippen LogP contribution in [0.5, 0.6) is 0 Å². The van der Waals surface area contributed by atoms with E-state index in [0.717, 1.165) is 9.87 Å².